The van der Waals surface area contributed by atoms with Crippen LogP contribution in [0.2, 0.25) is 0 Å². The van der Waals surface area contributed by atoms with Crippen molar-refractivity contribution in [1.29, 1.82) is 0 Å². The molecule has 48 valence electrons. The molecule has 0 saturated carbocycles. The number of hydrogen-bond acceptors (Lipinski definition) is 1. The molecule has 0 amide bonds. The zero-order valence-electron chi connectivity index (χ0n) is 5.68. The SMILES string of the molecule is CC#C/C=C(\C)N=CN. The van der Waals surface area contributed by atoms with Gasteiger partial charge in [0.1, 0.15) is 0 Å². The van der Waals surface area contributed by atoms with Gasteiger partial charge in [0.15, 0.2) is 0 Å². The number of aliphatic imine (C=N–C) groups is 1. The molecule has 9 heavy (non-hydrogen) atoms. The van der Waals surface area contributed by atoms with Gasteiger partial charge in [0, 0.05) is 11.8 Å². The molecule has 0 aliphatic rings. The third kappa shape index (κ3) is 4.63. The second-order valence-corrected chi connectivity index (χ2v) is 1.46. The van der Waals surface area contributed by atoms with Crippen LogP contribution < -0.4 is 5.73 Å². The lowest BCUT2D eigenvalue weighted by atomic mass is 10.4. The molecule has 2 nitrogen and oxygen atoms in total. The van der Waals surface area contributed by atoms with E-state index in [1.165, 1.54) is 6.34 Å². The fourth-order valence-electron chi connectivity index (χ4n) is 0.331. The summed E-state index contributed by atoms with van der Waals surface area (Å²) >= 11 is 0. The van der Waals surface area contributed by atoms with E-state index >= 15 is 0 Å². The summed E-state index contributed by atoms with van der Waals surface area (Å²) in [5, 5.41) is 0. The maximum absolute atomic E-state index is 5.02. The highest BCUT2D eigenvalue weighted by Crippen LogP contribution is 1.89. The van der Waals surface area contributed by atoms with Crippen LogP contribution in [0, 0.1) is 11.8 Å². The Balaban J connectivity index is 3.94. The van der Waals surface area contributed by atoms with Crippen LogP contribution in [0.3, 0.4) is 0 Å². The van der Waals surface area contributed by atoms with Crippen molar-refractivity contribution in [2.75, 3.05) is 0 Å². The molecule has 0 radical (unpaired) electrons. The van der Waals surface area contributed by atoms with Crippen LogP contribution in [-0.4, -0.2) is 6.34 Å². The number of nitrogens with zero attached hydrogens (tertiary/aromatic N) is 1. The van der Waals surface area contributed by atoms with Crippen molar-refractivity contribution in [2.45, 2.75) is 13.8 Å². The Bertz CT molecular complexity index is 179. The molecule has 0 heterocycles. The Morgan fingerprint density at radius 3 is 2.78 bits per heavy atom. The van der Waals surface area contributed by atoms with Crippen molar-refractivity contribution in [2.24, 2.45) is 10.7 Å². The summed E-state index contributed by atoms with van der Waals surface area (Å²) < 4.78 is 0. The Hall–Kier alpha value is -1.23. The first kappa shape index (κ1) is 7.77. The molecule has 0 aliphatic heterocycles. The van der Waals surface area contributed by atoms with Crippen molar-refractivity contribution in [3.8, 4) is 11.8 Å². The van der Waals surface area contributed by atoms with Crippen molar-refractivity contribution in [3.63, 3.8) is 0 Å². The average molecular weight is 122 g/mol. The van der Waals surface area contributed by atoms with E-state index < -0.39 is 0 Å². The summed E-state index contributed by atoms with van der Waals surface area (Å²) in [4.78, 5) is 3.77. The Labute approximate surface area is 55.5 Å². The minimum absolute atomic E-state index is 0.826. The van der Waals surface area contributed by atoms with Crippen LogP contribution in [0.25, 0.3) is 0 Å². The molecule has 0 atom stereocenters. The lowest BCUT2D eigenvalue weighted by Crippen LogP contribution is -1.87. The second kappa shape index (κ2) is 4.92. The average Bonchev–Trinajstić information content (AvgIpc) is 1.85. The first-order valence-corrected chi connectivity index (χ1v) is 2.64. The lowest BCUT2D eigenvalue weighted by Gasteiger charge is -1.81. The van der Waals surface area contributed by atoms with Gasteiger partial charge in [0.05, 0.1) is 6.34 Å². The predicted molar refractivity (Wildman–Crippen MR) is 39.9 cm³/mol. The van der Waals surface area contributed by atoms with Gasteiger partial charge in [-0.25, -0.2) is 4.99 Å². The van der Waals surface area contributed by atoms with Crippen molar-refractivity contribution >= 4 is 6.34 Å². The number of nitrogens with two attached hydrogens (primary N) is 1. The van der Waals surface area contributed by atoms with Gasteiger partial charge in [0.25, 0.3) is 0 Å². The number of hydrogen-bond donors (Lipinski definition) is 1. The molecule has 0 aromatic carbocycles. The highest BCUT2D eigenvalue weighted by molar-refractivity contribution is 5.53. The molecule has 0 rings (SSSR count). The third-order valence-corrected chi connectivity index (χ3v) is 0.704. The van der Waals surface area contributed by atoms with E-state index in [2.05, 4.69) is 16.8 Å². The van der Waals surface area contributed by atoms with Crippen LogP contribution in [-0.2, 0) is 0 Å². The molecule has 2 heteroatoms. The largest absolute Gasteiger partial charge is 0.390 e. The molecule has 0 bridgehead atoms. The van der Waals surface area contributed by atoms with Gasteiger partial charge in [-0.2, -0.15) is 0 Å². The molecular formula is C7H10N2. The van der Waals surface area contributed by atoms with E-state index in [1.54, 1.807) is 13.0 Å². The van der Waals surface area contributed by atoms with Crippen LogP contribution in [0.5, 0.6) is 0 Å². The molecule has 0 aromatic heterocycles. The van der Waals surface area contributed by atoms with E-state index in [4.69, 9.17) is 5.73 Å². The van der Waals surface area contributed by atoms with Crippen LogP contribution >= 0.6 is 0 Å². The zero-order valence-corrected chi connectivity index (χ0v) is 5.68. The lowest BCUT2D eigenvalue weighted by molar-refractivity contribution is 1.31. The maximum Gasteiger partial charge on any atom is 0.0856 e. The van der Waals surface area contributed by atoms with Gasteiger partial charge in [-0.1, -0.05) is 5.92 Å². The van der Waals surface area contributed by atoms with E-state index in [9.17, 15) is 0 Å². The smallest absolute Gasteiger partial charge is 0.0856 e. The Morgan fingerprint density at radius 2 is 2.33 bits per heavy atom. The van der Waals surface area contributed by atoms with Crippen molar-refractivity contribution in [1.82, 2.24) is 0 Å². The fraction of sp³-hybridized carbons (Fsp3) is 0.286. The van der Waals surface area contributed by atoms with Gasteiger partial charge in [0.2, 0.25) is 0 Å². The summed E-state index contributed by atoms with van der Waals surface area (Å²) in [5.41, 5.74) is 5.85. The predicted octanol–water partition coefficient (Wildman–Crippen LogP) is 0.901. The third-order valence-electron chi connectivity index (χ3n) is 0.704. The van der Waals surface area contributed by atoms with E-state index in [-0.39, 0.29) is 0 Å². The minimum Gasteiger partial charge on any atom is -0.390 e. The van der Waals surface area contributed by atoms with Crippen LogP contribution in [0.15, 0.2) is 16.8 Å². The van der Waals surface area contributed by atoms with Crippen LogP contribution in [0.1, 0.15) is 13.8 Å². The standard InChI is InChI=1S/C7H10N2/c1-3-4-5-7(2)9-6-8/h5-6H,1-2H3,(H2,8,9)/b7-5+. The van der Waals surface area contributed by atoms with E-state index in [0.717, 1.165) is 5.70 Å². The molecule has 0 unspecified atom stereocenters. The number of allylic oxidation sites excluding steroid dienone is 2. The summed E-state index contributed by atoms with van der Waals surface area (Å²) in [7, 11) is 0. The monoisotopic (exact) mass is 122 g/mol. The Morgan fingerprint density at radius 1 is 1.67 bits per heavy atom. The highest BCUT2D eigenvalue weighted by atomic mass is 14.8. The number of rotatable bonds is 1. The van der Waals surface area contributed by atoms with Crippen molar-refractivity contribution in [3.05, 3.63) is 11.8 Å². The van der Waals surface area contributed by atoms with Crippen molar-refractivity contribution < 1.29 is 0 Å². The minimum atomic E-state index is 0.826. The first-order chi connectivity index (χ1) is 4.31. The van der Waals surface area contributed by atoms with Gasteiger partial charge >= 0.3 is 0 Å². The molecule has 0 saturated heterocycles. The maximum atomic E-state index is 5.02. The Kier molecular flexibility index (Phi) is 4.25. The second-order valence-electron chi connectivity index (χ2n) is 1.46. The molecule has 0 fully saturated rings. The molecular weight excluding hydrogens is 112 g/mol. The van der Waals surface area contributed by atoms with Gasteiger partial charge in [-0.05, 0) is 13.8 Å². The molecule has 2 N–H and O–H groups in total. The summed E-state index contributed by atoms with van der Waals surface area (Å²) in [6.07, 6.45) is 2.96. The van der Waals surface area contributed by atoms with E-state index in [1.807, 2.05) is 6.92 Å². The van der Waals surface area contributed by atoms with Gasteiger partial charge < -0.3 is 5.73 Å². The van der Waals surface area contributed by atoms with Gasteiger partial charge in [-0.3, -0.25) is 0 Å². The highest BCUT2D eigenvalue weighted by Gasteiger charge is 1.73. The quantitative estimate of drug-likeness (QED) is 0.313. The molecule has 0 spiro atoms. The first-order valence-electron chi connectivity index (χ1n) is 2.64. The van der Waals surface area contributed by atoms with Crippen LogP contribution in [0.4, 0.5) is 0 Å². The van der Waals surface area contributed by atoms with E-state index in [0.29, 0.717) is 0 Å². The molecule has 0 aliphatic carbocycles. The fourth-order valence-corrected chi connectivity index (χ4v) is 0.331. The topological polar surface area (TPSA) is 38.4 Å². The summed E-state index contributed by atoms with van der Waals surface area (Å²) in [6.45, 7) is 3.61. The molecule has 0 aromatic rings. The zero-order chi connectivity index (χ0) is 7.11. The summed E-state index contributed by atoms with van der Waals surface area (Å²) in [5.74, 6) is 5.47. The van der Waals surface area contributed by atoms with Gasteiger partial charge in [-0.15, -0.1) is 5.92 Å². The summed E-state index contributed by atoms with van der Waals surface area (Å²) in [6, 6.07) is 0. The normalized spacial score (nSPS) is 11.1.